The Bertz CT molecular complexity index is 1390. The van der Waals surface area contributed by atoms with Gasteiger partial charge in [-0.2, -0.15) is 0 Å². The molecule has 8 heteroatoms. The predicted molar refractivity (Wildman–Crippen MR) is 141 cm³/mol. The van der Waals surface area contributed by atoms with Gasteiger partial charge >= 0.3 is 11.9 Å². The zero-order valence-corrected chi connectivity index (χ0v) is 21.2. The van der Waals surface area contributed by atoms with Gasteiger partial charge < -0.3 is 15.2 Å². The van der Waals surface area contributed by atoms with Crippen LogP contribution in [0.1, 0.15) is 77.4 Å². The van der Waals surface area contributed by atoms with Crippen molar-refractivity contribution in [3.8, 4) is 11.1 Å². The lowest BCUT2D eigenvalue weighted by atomic mass is 9.91. The number of cyclic esters (lactones) is 1. The number of carboxylic acids is 1. The fraction of sp³-hybridized carbons (Fsp3) is 0.379. The van der Waals surface area contributed by atoms with Gasteiger partial charge in [0, 0.05) is 35.6 Å². The molecule has 0 atom stereocenters. The van der Waals surface area contributed by atoms with Crippen LogP contribution in [0.5, 0.6) is 0 Å². The van der Waals surface area contributed by atoms with Gasteiger partial charge in [-0.3, -0.25) is 9.69 Å². The van der Waals surface area contributed by atoms with Crippen molar-refractivity contribution in [2.24, 2.45) is 0 Å². The monoisotopic (exact) mass is 501 g/mol. The van der Waals surface area contributed by atoms with Gasteiger partial charge in [0.1, 0.15) is 6.61 Å². The molecule has 2 aliphatic rings. The molecule has 2 N–H and O–H groups in total. The molecule has 5 rings (SSSR count). The van der Waals surface area contributed by atoms with Gasteiger partial charge in [-0.1, -0.05) is 38.3 Å². The number of esters is 1. The summed E-state index contributed by atoms with van der Waals surface area (Å²) in [5.74, 6) is -1.51. The highest BCUT2D eigenvalue weighted by atomic mass is 16.5. The topological polar surface area (TPSA) is 109 Å². The number of carbonyl (C=O) groups excluding carboxylic acids is 2. The van der Waals surface area contributed by atoms with Gasteiger partial charge in [0.15, 0.2) is 0 Å². The number of amides is 1. The highest BCUT2D eigenvalue weighted by Crippen LogP contribution is 2.38. The minimum absolute atomic E-state index is 0.0765. The van der Waals surface area contributed by atoms with Crippen molar-refractivity contribution < 1.29 is 24.2 Å². The van der Waals surface area contributed by atoms with E-state index in [1.165, 1.54) is 19.3 Å². The first kappa shape index (κ1) is 24.9. The van der Waals surface area contributed by atoms with Crippen molar-refractivity contribution in [2.75, 3.05) is 12.4 Å². The fourth-order valence-corrected chi connectivity index (χ4v) is 5.48. The van der Waals surface area contributed by atoms with Crippen molar-refractivity contribution in [3.63, 3.8) is 0 Å². The summed E-state index contributed by atoms with van der Waals surface area (Å²) in [6.07, 6.45) is 6.23. The number of ether oxygens (including phenoxy) is 1. The van der Waals surface area contributed by atoms with Crippen LogP contribution in [0.4, 0.5) is 5.69 Å². The van der Waals surface area contributed by atoms with Gasteiger partial charge in [0.25, 0.3) is 0 Å². The first-order chi connectivity index (χ1) is 17.9. The Balaban J connectivity index is 1.62. The summed E-state index contributed by atoms with van der Waals surface area (Å²) in [4.78, 5) is 43.7. The SMILES string of the molecule is CCC(=O)Nc1ccc2c(-c3ccc(C(=O)O)c(CN(C)C4CCCCC4)c3)c3c(nc2c1)COC3=O. The van der Waals surface area contributed by atoms with E-state index in [1.807, 2.05) is 12.1 Å². The Morgan fingerprint density at radius 3 is 2.62 bits per heavy atom. The van der Waals surface area contributed by atoms with Crippen molar-refractivity contribution in [3.05, 3.63) is 58.8 Å². The summed E-state index contributed by atoms with van der Waals surface area (Å²) >= 11 is 0. The Kier molecular flexibility index (Phi) is 6.93. The van der Waals surface area contributed by atoms with Crippen molar-refractivity contribution >= 4 is 34.4 Å². The molecule has 0 saturated heterocycles. The van der Waals surface area contributed by atoms with Crippen LogP contribution in [0, 0.1) is 0 Å². The first-order valence-electron chi connectivity index (χ1n) is 12.9. The maximum Gasteiger partial charge on any atom is 0.341 e. The summed E-state index contributed by atoms with van der Waals surface area (Å²) in [7, 11) is 2.05. The Morgan fingerprint density at radius 2 is 1.89 bits per heavy atom. The molecule has 0 radical (unpaired) electrons. The molecule has 1 aromatic heterocycles. The Morgan fingerprint density at radius 1 is 1.11 bits per heavy atom. The molecule has 1 amide bonds. The largest absolute Gasteiger partial charge is 0.478 e. The zero-order chi connectivity index (χ0) is 26.1. The number of benzene rings is 2. The molecule has 37 heavy (non-hydrogen) atoms. The highest BCUT2D eigenvalue weighted by Gasteiger charge is 2.30. The number of nitrogens with zero attached hydrogens (tertiary/aromatic N) is 2. The minimum Gasteiger partial charge on any atom is -0.478 e. The lowest BCUT2D eigenvalue weighted by molar-refractivity contribution is -0.115. The van der Waals surface area contributed by atoms with E-state index >= 15 is 0 Å². The molecule has 0 unspecified atom stereocenters. The van der Waals surface area contributed by atoms with Crippen LogP contribution < -0.4 is 5.32 Å². The van der Waals surface area contributed by atoms with E-state index in [9.17, 15) is 19.5 Å². The molecule has 0 spiro atoms. The summed E-state index contributed by atoms with van der Waals surface area (Å²) in [6, 6.07) is 11.1. The number of fused-ring (bicyclic) bond motifs is 2. The number of nitrogens with one attached hydrogen (secondary N) is 1. The summed E-state index contributed by atoms with van der Waals surface area (Å²) < 4.78 is 5.33. The van der Waals surface area contributed by atoms with E-state index in [4.69, 9.17) is 4.74 Å². The molecular weight excluding hydrogens is 470 g/mol. The molecule has 1 aliphatic carbocycles. The lowest BCUT2D eigenvalue weighted by Gasteiger charge is -2.31. The normalized spacial score (nSPS) is 15.6. The highest BCUT2D eigenvalue weighted by molar-refractivity contribution is 6.10. The number of carbonyl (C=O) groups is 3. The molecule has 1 fully saturated rings. The molecule has 1 saturated carbocycles. The summed E-state index contributed by atoms with van der Waals surface area (Å²) in [5.41, 5.74) is 4.58. The Hall–Kier alpha value is -3.78. The second kappa shape index (κ2) is 10.3. The van der Waals surface area contributed by atoms with Crippen LogP contribution >= 0.6 is 0 Å². The second-order valence-electron chi connectivity index (χ2n) is 9.90. The van der Waals surface area contributed by atoms with Crippen molar-refractivity contribution in [1.29, 1.82) is 0 Å². The van der Waals surface area contributed by atoms with Crippen LogP contribution in [-0.4, -0.2) is 45.9 Å². The number of carboxylic acid groups (broad SMARTS) is 1. The smallest absolute Gasteiger partial charge is 0.341 e. The maximum absolute atomic E-state index is 12.8. The number of pyridine rings is 1. The molecular formula is C29H31N3O5. The molecule has 2 aromatic carbocycles. The summed E-state index contributed by atoms with van der Waals surface area (Å²) in [6.45, 7) is 2.36. The quantitative estimate of drug-likeness (QED) is 0.418. The molecule has 1 aliphatic heterocycles. The number of aromatic nitrogens is 1. The van der Waals surface area contributed by atoms with E-state index < -0.39 is 11.9 Å². The third-order valence-electron chi connectivity index (χ3n) is 7.45. The van der Waals surface area contributed by atoms with Crippen LogP contribution in [-0.2, 0) is 22.7 Å². The van der Waals surface area contributed by atoms with Crippen molar-refractivity contribution in [2.45, 2.75) is 64.6 Å². The first-order valence-corrected chi connectivity index (χ1v) is 12.9. The lowest BCUT2D eigenvalue weighted by Crippen LogP contribution is -2.33. The van der Waals surface area contributed by atoms with Crippen LogP contribution in [0.2, 0.25) is 0 Å². The third-order valence-corrected chi connectivity index (χ3v) is 7.45. The molecule has 192 valence electrons. The van der Waals surface area contributed by atoms with Gasteiger partial charge in [0.2, 0.25) is 5.91 Å². The zero-order valence-electron chi connectivity index (χ0n) is 21.2. The second-order valence-corrected chi connectivity index (χ2v) is 9.90. The van der Waals surface area contributed by atoms with Crippen LogP contribution in [0.25, 0.3) is 22.0 Å². The average Bonchev–Trinajstić information content (AvgIpc) is 3.27. The van der Waals surface area contributed by atoms with Crippen LogP contribution in [0.3, 0.4) is 0 Å². The van der Waals surface area contributed by atoms with Crippen LogP contribution in [0.15, 0.2) is 36.4 Å². The van der Waals surface area contributed by atoms with E-state index in [2.05, 4.69) is 22.2 Å². The van der Waals surface area contributed by atoms with Gasteiger partial charge in [-0.25, -0.2) is 14.6 Å². The number of aromatic carboxylic acids is 1. The van der Waals surface area contributed by atoms with Crippen molar-refractivity contribution in [1.82, 2.24) is 9.88 Å². The number of hydrogen-bond acceptors (Lipinski definition) is 6. The third kappa shape index (κ3) is 4.93. The fourth-order valence-electron chi connectivity index (χ4n) is 5.48. The summed E-state index contributed by atoms with van der Waals surface area (Å²) in [5, 5.41) is 13.5. The minimum atomic E-state index is -0.973. The number of hydrogen-bond donors (Lipinski definition) is 2. The molecule has 8 nitrogen and oxygen atoms in total. The molecule has 3 aromatic rings. The molecule has 2 heterocycles. The van der Waals surface area contributed by atoms with E-state index in [0.29, 0.717) is 52.6 Å². The van der Waals surface area contributed by atoms with E-state index in [0.717, 1.165) is 23.8 Å². The molecule has 0 bridgehead atoms. The average molecular weight is 502 g/mol. The predicted octanol–water partition coefficient (Wildman–Crippen LogP) is 5.38. The number of anilines is 1. The van der Waals surface area contributed by atoms with E-state index in [-0.39, 0.29) is 18.1 Å². The number of rotatable bonds is 7. The van der Waals surface area contributed by atoms with Gasteiger partial charge in [0.05, 0.1) is 22.3 Å². The Labute approximate surface area is 215 Å². The van der Waals surface area contributed by atoms with Gasteiger partial charge in [-0.05, 0) is 55.3 Å². The van der Waals surface area contributed by atoms with E-state index in [1.54, 1.807) is 31.2 Å². The standard InChI is InChI=1S/C29H31N3O5/c1-3-25(33)30-19-10-12-22-23(14-19)31-24-16-37-29(36)27(24)26(22)17-9-11-21(28(34)35)18(13-17)15-32(2)20-7-5-4-6-8-20/h9-14,20H,3-8,15-16H2,1-2H3,(H,30,33)(H,34,35). The maximum atomic E-state index is 12.8. The van der Waals surface area contributed by atoms with Gasteiger partial charge in [-0.15, -0.1) is 0 Å².